The average Bonchev–Trinajstić information content (AvgIpc) is 3.46. The molecule has 0 spiro atoms. The van der Waals surface area contributed by atoms with E-state index in [1.807, 2.05) is 0 Å². The van der Waals surface area contributed by atoms with Crippen molar-refractivity contribution in [3.8, 4) is 17.6 Å². The van der Waals surface area contributed by atoms with Crippen LogP contribution in [0.15, 0.2) is 36.5 Å². The van der Waals surface area contributed by atoms with Crippen molar-refractivity contribution < 1.29 is 33.4 Å². The first-order valence-electron chi connectivity index (χ1n) is 12.8. The number of carbonyl (C=O) groups is 2. The second-order valence-electron chi connectivity index (χ2n) is 9.26. The van der Waals surface area contributed by atoms with Crippen molar-refractivity contribution in [2.24, 2.45) is 0 Å². The molecule has 210 valence electrons. The summed E-state index contributed by atoms with van der Waals surface area (Å²) in [6.07, 6.45) is 4.80. The molecule has 1 amide bonds. The van der Waals surface area contributed by atoms with E-state index < -0.39 is 17.7 Å². The normalized spacial score (nSPS) is 14.5. The zero-order valence-corrected chi connectivity index (χ0v) is 22.3. The number of amides is 1. The summed E-state index contributed by atoms with van der Waals surface area (Å²) in [5, 5.41) is 21.8. The molecular weight excluding hydrogens is 543 g/mol. The van der Waals surface area contributed by atoms with E-state index in [-0.39, 0.29) is 35.3 Å². The number of esters is 1. The van der Waals surface area contributed by atoms with Gasteiger partial charge in [0, 0.05) is 42.6 Å². The monoisotopic (exact) mass is 570 g/mol. The highest BCUT2D eigenvalue weighted by Crippen LogP contribution is 2.39. The Morgan fingerprint density at radius 3 is 2.67 bits per heavy atom. The fourth-order valence-electron chi connectivity index (χ4n) is 4.23. The van der Waals surface area contributed by atoms with Crippen molar-refractivity contribution in [3.05, 3.63) is 52.9 Å². The number of pyridine rings is 1. The number of hydrogen-bond acceptors (Lipinski definition) is 9. The van der Waals surface area contributed by atoms with Crippen LogP contribution < -0.4 is 20.3 Å². The Labute approximate surface area is 235 Å². The van der Waals surface area contributed by atoms with Gasteiger partial charge in [-0.3, -0.25) is 19.8 Å². The van der Waals surface area contributed by atoms with Crippen LogP contribution in [0.5, 0.6) is 11.5 Å². The number of halogens is 2. The number of nitriles is 1. The van der Waals surface area contributed by atoms with E-state index in [2.05, 4.69) is 16.4 Å². The first kappa shape index (κ1) is 29.0. The number of hydroxylamine groups is 1. The first-order valence-corrected chi connectivity index (χ1v) is 13.2. The topological polar surface area (TPSA) is 143 Å². The van der Waals surface area contributed by atoms with Crippen molar-refractivity contribution in [1.82, 2.24) is 10.5 Å². The molecule has 2 heterocycles. The van der Waals surface area contributed by atoms with Gasteiger partial charge in [0.1, 0.15) is 18.0 Å². The van der Waals surface area contributed by atoms with Gasteiger partial charge in [0.2, 0.25) is 5.91 Å². The Balaban J connectivity index is 1.58. The summed E-state index contributed by atoms with van der Waals surface area (Å²) in [5.41, 5.74) is 3.13. The summed E-state index contributed by atoms with van der Waals surface area (Å²) in [5.74, 6) is -0.999. The lowest BCUT2D eigenvalue weighted by Gasteiger charge is -2.18. The smallest absolute Gasteiger partial charge is 0.311 e. The van der Waals surface area contributed by atoms with Crippen LogP contribution in [0.2, 0.25) is 5.02 Å². The average molecular weight is 571 g/mol. The minimum atomic E-state index is -0.574. The molecule has 1 aliphatic rings. The third kappa shape index (κ3) is 7.57. The van der Waals surface area contributed by atoms with Crippen molar-refractivity contribution in [2.45, 2.75) is 51.0 Å². The molecule has 1 fully saturated rings. The minimum absolute atomic E-state index is 0.0809. The number of unbranched alkanes of at least 4 members (excludes halogenated alkanes) is 3. The molecule has 10 nitrogen and oxygen atoms in total. The summed E-state index contributed by atoms with van der Waals surface area (Å²) in [6.45, 7) is 0.962. The van der Waals surface area contributed by atoms with Gasteiger partial charge >= 0.3 is 5.97 Å². The van der Waals surface area contributed by atoms with Gasteiger partial charge in [-0.05, 0) is 37.1 Å². The zero-order valence-electron chi connectivity index (χ0n) is 21.5. The Hall–Kier alpha value is -3.98. The van der Waals surface area contributed by atoms with Gasteiger partial charge in [-0.15, -0.1) is 0 Å². The third-order valence-corrected chi connectivity index (χ3v) is 6.60. The van der Waals surface area contributed by atoms with Gasteiger partial charge < -0.3 is 19.5 Å². The summed E-state index contributed by atoms with van der Waals surface area (Å²) < 4.78 is 30.9. The Morgan fingerprint density at radius 2 is 1.98 bits per heavy atom. The molecule has 1 aromatic heterocycles. The predicted molar refractivity (Wildman–Crippen MR) is 144 cm³/mol. The van der Waals surface area contributed by atoms with E-state index >= 15 is 0 Å². The van der Waals surface area contributed by atoms with Gasteiger partial charge in [0.15, 0.2) is 11.5 Å². The maximum absolute atomic E-state index is 13.7. The van der Waals surface area contributed by atoms with E-state index in [0.29, 0.717) is 66.9 Å². The highest BCUT2D eigenvalue weighted by molar-refractivity contribution is 6.31. The number of hydrogen-bond donors (Lipinski definition) is 3. The molecule has 40 heavy (non-hydrogen) atoms. The van der Waals surface area contributed by atoms with Gasteiger partial charge in [0.25, 0.3) is 0 Å². The second-order valence-corrected chi connectivity index (χ2v) is 9.66. The SMILES string of the molecule is N#Cc1cnc2cc(O[C@H]3CCOC3)c(OC(=O)CCCCCCC(=O)NO)cc2c1Nc1ccc(F)c(Cl)c1. The van der Waals surface area contributed by atoms with E-state index in [0.717, 1.165) is 6.42 Å². The van der Waals surface area contributed by atoms with E-state index in [4.69, 9.17) is 31.0 Å². The van der Waals surface area contributed by atoms with Gasteiger partial charge in [-0.25, -0.2) is 9.87 Å². The summed E-state index contributed by atoms with van der Waals surface area (Å²) in [7, 11) is 0. The molecule has 4 rings (SSSR count). The molecule has 0 saturated carbocycles. The standard InChI is InChI=1S/C28H28ClFN4O6/c29-21-11-18(7-8-22(21)30)33-28-17(14-31)15-32-23-13-25(39-19-9-10-38-16-19)24(12-20(23)28)40-27(36)6-4-2-1-3-5-26(35)34-37/h7-8,11-13,15,19,37H,1-6,9-10,16H2,(H,32,33)(H,34,35)/t19-/m0/s1. The number of nitrogens with one attached hydrogen (secondary N) is 2. The molecule has 0 aliphatic carbocycles. The number of carbonyl (C=O) groups excluding carboxylic acids is 2. The number of benzene rings is 2. The number of nitrogens with zero attached hydrogens (tertiary/aromatic N) is 2. The zero-order chi connectivity index (χ0) is 28.5. The molecule has 12 heteroatoms. The molecule has 1 saturated heterocycles. The van der Waals surface area contributed by atoms with E-state index in [1.54, 1.807) is 17.6 Å². The largest absolute Gasteiger partial charge is 0.484 e. The number of rotatable bonds is 12. The van der Waals surface area contributed by atoms with Gasteiger partial charge in [-0.1, -0.05) is 24.4 Å². The summed E-state index contributed by atoms with van der Waals surface area (Å²) >= 11 is 5.94. The first-order chi connectivity index (χ1) is 19.4. The molecule has 3 N–H and O–H groups in total. The molecule has 3 aromatic rings. The van der Waals surface area contributed by atoms with Crippen LogP contribution in [0.3, 0.4) is 0 Å². The maximum atomic E-state index is 13.7. The molecule has 2 aromatic carbocycles. The van der Waals surface area contributed by atoms with Crippen molar-refractivity contribution >= 4 is 45.8 Å². The van der Waals surface area contributed by atoms with Crippen molar-refractivity contribution in [2.75, 3.05) is 18.5 Å². The number of fused-ring (bicyclic) bond motifs is 1. The Morgan fingerprint density at radius 1 is 1.18 bits per heavy atom. The molecule has 0 unspecified atom stereocenters. The fraction of sp³-hybridized carbons (Fsp3) is 0.357. The number of ether oxygens (including phenoxy) is 3. The Bertz CT molecular complexity index is 1420. The van der Waals surface area contributed by atoms with E-state index in [9.17, 15) is 19.2 Å². The van der Waals surface area contributed by atoms with Gasteiger partial charge in [-0.2, -0.15) is 5.26 Å². The highest BCUT2D eigenvalue weighted by atomic mass is 35.5. The predicted octanol–water partition coefficient (Wildman–Crippen LogP) is 5.56. The highest BCUT2D eigenvalue weighted by Gasteiger charge is 2.22. The van der Waals surface area contributed by atoms with Crippen LogP contribution in [-0.2, 0) is 14.3 Å². The lowest BCUT2D eigenvalue weighted by molar-refractivity contribution is -0.134. The van der Waals surface area contributed by atoms with Crippen LogP contribution in [0.1, 0.15) is 50.5 Å². The van der Waals surface area contributed by atoms with E-state index in [1.165, 1.54) is 24.4 Å². The lowest BCUT2D eigenvalue weighted by Crippen LogP contribution is -2.17. The molecule has 0 radical (unpaired) electrons. The molecule has 1 aliphatic heterocycles. The second kappa shape index (κ2) is 13.9. The molecule has 0 bridgehead atoms. The van der Waals surface area contributed by atoms with Crippen LogP contribution in [-0.4, -0.2) is 41.4 Å². The fourth-order valence-corrected chi connectivity index (χ4v) is 4.41. The lowest BCUT2D eigenvalue weighted by atomic mass is 10.1. The summed E-state index contributed by atoms with van der Waals surface area (Å²) in [6, 6.07) is 9.44. The van der Waals surface area contributed by atoms with Crippen LogP contribution in [0.25, 0.3) is 10.9 Å². The quantitative estimate of drug-likeness (QED) is 0.0838. The molecule has 1 atom stereocenters. The van der Waals surface area contributed by atoms with Crippen molar-refractivity contribution in [3.63, 3.8) is 0 Å². The van der Waals surface area contributed by atoms with Crippen molar-refractivity contribution in [1.29, 1.82) is 5.26 Å². The minimum Gasteiger partial charge on any atom is -0.484 e. The van der Waals surface area contributed by atoms with Gasteiger partial charge in [0.05, 0.1) is 35.0 Å². The maximum Gasteiger partial charge on any atom is 0.311 e. The number of anilines is 2. The van der Waals surface area contributed by atoms with Crippen LogP contribution in [0, 0.1) is 17.1 Å². The van der Waals surface area contributed by atoms with Crippen LogP contribution >= 0.6 is 11.6 Å². The Kier molecular flexibility index (Phi) is 10.1. The summed E-state index contributed by atoms with van der Waals surface area (Å²) in [4.78, 5) is 28.3. The molecular formula is C28H28ClFN4O6. The number of aromatic nitrogens is 1. The van der Waals surface area contributed by atoms with Crippen LogP contribution in [0.4, 0.5) is 15.8 Å². The third-order valence-electron chi connectivity index (χ3n) is 6.31.